The van der Waals surface area contributed by atoms with Crippen LogP contribution in [0.25, 0.3) is 0 Å². The number of ether oxygens (including phenoxy) is 1. The topological polar surface area (TPSA) is 52.3 Å². The highest BCUT2D eigenvalue weighted by atomic mass is 19.4. The Balaban J connectivity index is 1.96. The lowest BCUT2D eigenvalue weighted by Crippen LogP contribution is -2.42. The zero-order valence-electron chi connectivity index (χ0n) is 12.5. The molecule has 1 aromatic carbocycles. The van der Waals surface area contributed by atoms with E-state index in [0.717, 1.165) is 12.8 Å². The first-order valence-electron chi connectivity index (χ1n) is 7.56. The van der Waals surface area contributed by atoms with Crippen molar-refractivity contribution in [2.45, 2.75) is 37.1 Å². The third kappa shape index (κ3) is 2.55. The average molecular weight is 325 g/mol. The lowest BCUT2D eigenvalue weighted by atomic mass is 9.78. The molecule has 4 atom stereocenters. The Morgan fingerprint density at radius 2 is 1.91 bits per heavy atom. The molecule has 1 aromatic rings. The van der Waals surface area contributed by atoms with Crippen LogP contribution >= 0.6 is 0 Å². The Kier molecular flexibility index (Phi) is 3.75. The van der Waals surface area contributed by atoms with Crippen molar-refractivity contribution in [3.05, 3.63) is 48.0 Å². The first-order chi connectivity index (χ1) is 10.8. The van der Waals surface area contributed by atoms with Gasteiger partial charge in [-0.1, -0.05) is 36.9 Å². The zero-order chi connectivity index (χ0) is 16.8. The van der Waals surface area contributed by atoms with Crippen molar-refractivity contribution < 1.29 is 22.7 Å². The molecule has 2 aliphatic rings. The molecule has 0 saturated heterocycles. The summed E-state index contributed by atoms with van der Waals surface area (Å²) in [5, 5.41) is 0. The Labute approximate surface area is 132 Å². The summed E-state index contributed by atoms with van der Waals surface area (Å²) in [6.45, 7) is 2.84. The molecule has 0 heterocycles. The fourth-order valence-electron chi connectivity index (χ4n) is 4.00. The molecular formula is C17H18F3NO2. The van der Waals surface area contributed by atoms with E-state index in [-0.39, 0.29) is 17.9 Å². The largest absolute Gasteiger partial charge is 0.450 e. The highest BCUT2D eigenvalue weighted by Gasteiger charge is 2.59. The van der Waals surface area contributed by atoms with Gasteiger partial charge in [0.25, 0.3) is 0 Å². The molecule has 6 heteroatoms. The summed E-state index contributed by atoms with van der Waals surface area (Å²) in [7, 11) is 0. The fourth-order valence-corrected chi connectivity index (χ4v) is 4.00. The molecule has 2 bridgehead atoms. The van der Waals surface area contributed by atoms with E-state index in [9.17, 15) is 18.0 Å². The molecule has 3 nitrogen and oxygen atoms in total. The van der Waals surface area contributed by atoms with Crippen LogP contribution in [-0.2, 0) is 15.1 Å². The summed E-state index contributed by atoms with van der Waals surface area (Å²) >= 11 is 0. The first-order valence-corrected chi connectivity index (χ1v) is 7.56. The molecule has 0 amide bonds. The van der Waals surface area contributed by atoms with E-state index >= 15 is 0 Å². The number of fused-ring (bicyclic) bond motifs is 2. The van der Waals surface area contributed by atoms with Gasteiger partial charge in [0.1, 0.15) is 11.2 Å². The van der Waals surface area contributed by atoms with E-state index in [1.54, 1.807) is 30.3 Å². The van der Waals surface area contributed by atoms with Crippen LogP contribution in [0, 0.1) is 11.8 Å². The number of halogens is 3. The minimum absolute atomic E-state index is 0.159. The zero-order valence-corrected chi connectivity index (χ0v) is 12.5. The number of benzene rings is 1. The summed E-state index contributed by atoms with van der Waals surface area (Å²) in [6, 6.07) is 8.75. The lowest BCUT2D eigenvalue weighted by Gasteiger charge is -2.38. The van der Waals surface area contributed by atoms with Crippen molar-refractivity contribution in [3.63, 3.8) is 0 Å². The number of nitrogens with two attached hydrogens (primary N) is 1. The van der Waals surface area contributed by atoms with Crippen molar-refractivity contribution in [3.8, 4) is 0 Å². The highest BCUT2D eigenvalue weighted by molar-refractivity contribution is 5.89. The van der Waals surface area contributed by atoms with Gasteiger partial charge >= 0.3 is 12.1 Å². The van der Waals surface area contributed by atoms with Gasteiger partial charge in [0.15, 0.2) is 0 Å². The smallest absolute Gasteiger partial charge is 0.422 e. The van der Waals surface area contributed by atoms with Gasteiger partial charge < -0.3 is 10.5 Å². The Bertz CT molecular complexity index is 628. The van der Waals surface area contributed by atoms with E-state index in [0.29, 0.717) is 12.0 Å². The Morgan fingerprint density at radius 1 is 1.26 bits per heavy atom. The van der Waals surface area contributed by atoms with Crippen molar-refractivity contribution in [2.75, 3.05) is 0 Å². The van der Waals surface area contributed by atoms with E-state index in [1.807, 2.05) is 0 Å². The SMILES string of the molecule is C=C(C(=O)OC1(c2ccccc2)CC2CCC1C2N)C(F)(F)F. The molecule has 124 valence electrons. The van der Waals surface area contributed by atoms with Gasteiger partial charge in [-0.15, -0.1) is 0 Å². The Hall–Kier alpha value is -1.82. The number of alkyl halides is 3. The molecule has 2 N–H and O–H groups in total. The van der Waals surface area contributed by atoms with E-state index in [4.69, 9.17) is 10.5 Å². The van der Waals surface area contributed by atoms with Crippen LogP contribution in [0.4, 0.5) is 13.2 Å². The van der Waals surface area contributed by atoms with Gasteiger partial charge in [0.2, 0.25) is 0 Å². The predicted molar refractivity (Wildman–Crippen MR) is 78.2 cm³/mol. The van der Waals surface area contributed by atoms with Crippen molar-refractivity contribution in [1.82, 2.24) is 0 Å². The number of rotatable bonds is 3. The number of carbonyl (C=O) groups excluding carboxylic acids is 1. The third-order valence-corrected chi connectivity index (χ3v) is 5.15. The minimum Gasteiger partial charge on any atom is -0.450 e. The number of hydrogen-bond donors (Lipinski definition) is 1. The molecule has 2 saturated carbocycles. The molecular weight excluding hydrogens is 307 g/mol. The van der Waals surface area contributed by atoms with Crippen molar-refractivity contribution in [2.24, 2.45) is 17.6 Å². The monoisotopic (exact) mass is 325 g/mol. The molecule has 0 aliphatic heterocycles. The average Bonchev–Trinajstić information content (AvgIpc) is 3.00. The molecule has 4 unspecified atom stereocenters. The quantitative estimate of drug-likeness (QED) is 0.685. The summed E-state index contributed by atoms with van der Waals surface area (Å²) < 4.78 is 43.7. The van der Waals surface area contributed by atoms with Gasteiger partial charge in [0.05, 0.1) is 0 Å². The number of hydrogen-bond acceptors (Lipinski definition) is 3. The Morgan fingerprint density at radius 3 is 2.39 bits per heavy atom. The van der Waals surface area contributed by atoms with Crippen LogP contribution in [0.15, 0.2) is 42.5 Å². The minimum atomic E-state index is -4.80. The summed E-state index contributed by atoms with van der Waals surface area (Å²) in [5.41, 5.74) is 4.33. The number of carbonyl (C=O) groups is 1. The molecule has 0 aromatic heterocycles. The van der Waals surface area contributed by atoms with E-state index in [1.165, 1.54) is 0 Å². The first kappa shape index (κ1) is 16.1. The maximum Gasteiger partial charge on any atom is 0.422 e. The van der Waals surface area contributed by atoms with E-state index in [2.05, 4.69) is 6.58 Å². The van der Waals surface area contributed by atoms with E-state index < -0.39 is 23.3 Å². The maximum atomic E-state index is 12.7. The molecule has 3 rings (SSSR count). The van der Waals surface area contributed by atoms with Gasteiger partial charge in [-0.3, -0.25) is 0 Å². The summed E-state index contributed by atoms with van der Waals surface area (Å²) in [4.78, 5) is 12.0. The second-order valence-electron chi connectivity index (χ2n) is 6.35. The molecule has 0 spiro atoms. The van der Waals surface area contributed by atoms with Crippen molar-refractivity contribution in [1.29, 1.82) is 0 Å². The van der Waals surface area contributed by atoms with Crippen LogP contribution in [0.5, 0.6) is 0 Å². The van der Waals surface area contributed by atoms with Crippen LogP contribution in [-0.4, -0.2) is 18.2 Å². The molecule has 2 fully saturated rings. The fraction of sp³-hybridized carbons (Fsp3) is 0.471. The standard InChI is InChI=1S/C17H18F3NO2/c1-10(17(18,19)20)15(22)23-16(12-5-3-2-4-6-12)9-11-7-8-13(16)14(11)21/h2-6,11,13-14H,1,7-9,21H2. The maximum absolute atomic E-state index is 12.7. The second-order valence-corrected chi connectivity index (χ2v) is 6.35. The van der Waals surface area contributed by atoms with Gasteiger partial charge in [-0.05, 0) is 30.7 Å². The van der Waals surface area contributed by atoms with Crippen LogP contribution in [0.2, 0.25) is 0 Å². The van der Waals surface area contributed by atoms with Crippen LogP contribution < -0.4 is 5.73 Å². The second kappa shape index (κ2) is 5.37. The number of esters is 1. The predicted octanol–water partition coefficient (Wildman–Crippen LogP) is 3.30. The van der Waals surface area contributed by atoms with Gasteiger partial charge in [0, 0.05) is 12.0 Å². The summed E-state index contributed by atoms with van der Waals surface area (Å²) in [6.07, 6.45) is -2.68. The van der Waals surface area contributed by atoms with Gasteiger partial charge in [-0.25, -0.2) is 4.79 Å². The molecule has 2 aliphatic carbocycles. The normalized spacial score (nSPS) is 32.8. The van der Waals surface area contributed by atoms with Crippen molar-refractivity contribution >= 4 is 5.97 Å². The lowest BCUT2D eigenvalue weighted by molar-refractivity contribution is -0.172. The summed E-state index contributed by atoms with van der Waals surface area (Å²) in [5.74, 6) is -1.42. The highest BCUT2D eigenvalue weighted by Crippen LogP contribution is 2.57. The van der Waals surface area contributed by atoms with Gasteiger partial charge in [-0.2, -0.15) is 13.2 Å². The molecule has 23 heavy (non-hydrogen) atoms. The molecule has 0 radical (unpaired) electrons. The van der Waals surface area contributed by atoms with Crippen LogP contribution in [0.1, 0.15) is 24.8 Å². The third-order valence-electron chi connectivity index (χ3n) is 5.15. The van der Waals surface area contributed by atoms with Crippen LogP contribution in [0.3, 0.4) is 0 Å².